The van der Waals surface area contributed by atoms with Crippen molar-refractivity contribution >= 4 is 11.8 Å². The van der Waals surface area contributed by atoms with Gasteiger partial charge in [0.15, 0.2) is 0 Å². The van der Waals surface area contributed by atoms with Crippen LogP contribution in [0.2, 0.25) is 0 Å². The van der Waals surface area contributed by atoms with Gasteiger partial charge < -0.3 is 0 Å². The lowest BCUT2D eigenvalue weighted by Gasteiger charge is -2.26. The highest BCUT2D eigenvalue weighted by atomic mass is 32.2. The Kier molecular flexibility index (Phi) is 2.77. The number of thioether (sulfide) groups is 1. The second-order valence-corrected chi connectivity index (χ2v) is 6.97. The first-order chi connectivity index (χ1) is 5.71. The Morgan fingerprint density at radius 1 is 0.769 bits per heavy atom. The van der Waals surface area contributed by atoms with E-state index in [1.54, 1.807) is 0 Å². The second kappa shape index (κ2) is 3.26. The molecule has 0 aromatic heterocycles. The quantitative estimate of drug-likeness (QED) is 0.581. The molecule has 1 aliphatic rings. The minimum Gasteiger partial charge on any atom is -0.178 e. The first-order valence-corrected chi connectivity index (χ1v) is 5.71. The topological polar surface area (TPSA) is 24.7 Å². The highest BCUT2D eigenvalue weighted by Gasteiger charge is 2.37. The van der Waals surface area contributed by atoms with Crippen molar-refractivity contribution in [3.05, 3.63) is 0 Å². The molecule has 1 aliphatic heterocycles. The van der Waals surface area contributed by atoms with Crippen molar-refractivity contribution < 1.29 is 0 Å². The summed E-state index contributed by atoms with van der Waals surface area (Å²) in [6.45, 7) is 13.3. The molecule has 2 atom stereocenters. The number of rotatable bonds is 0. The van der Waals surface area contributed by atoms with E-state index in [2.05, 4.69) is 51.8 Å². The van der Waals surface area contributed by atoms with Crippen molar-refractivity contribution in [1.29, 1.82) is 0 Å². The van der Waals surface area contributed by atoms with Gasteiger partial charge in [-0.25, -0.2) is 0 Å². The van der Waals surface area contributed by atoms with E-state index in [-0.39, 0.29) is 10.8 Å². The molecule has 0 aliphatic carbocycles. The fourth-order valence-corrected chi connectivity index (χ4v) is 2.33. The van der Waals surface area contributed by atoms with E-state index < -0.39 is 0 Å². The summed E-state index contributed by atoms with van der Waals surface area (Å²) in [4.78, 5) is 0. The monoisotopic (exact) mass is 200 g/mol. The third kappa shape index (κ3) is 2.70. The van der Waals surface area contributed by atoms with Gasteiger partial charge in [0, 0.05) is 0 Å². The molecule has 0 unspecified atom stereocenters. The third-order valence-electron chi connectivity index (χ3n) is 2.02. The van der Waals surface area contributed by atoms with Crippen LogP contribution in [0.15, 0.2) is 10.2 Å². The van der Waals surface area contributed by atoms with Gasteiger partial charge in [-0.05, 0) is 10.8 Å². The van der Waals surface area contributed by atoms with Gasteiger partial charge in [-0.3, -0.25) is 0 Å². The van der Waals surface area contributed by atoms with Crippen molar-refractivity contribution in [2.45, 2.75) is 52.3 Å². The van der Waals surface area contributed by atoms with Crippen molar-refractivity contribution in [2.75, 3.05) is 0 Å². The van der Waals surface area contributed by atoms with E-state index in [4.69, 9.17) is 0 Å². The molecule has 13 heavy (non-hydrogen) atoms. The molecule has 0 amide bonds. The fourth-order valence-electron chi connectivity index (χ4n) is 1.05. The average molecular weight is 200 g/mol. The molecule has 0 N–H and O–H groups in total. The largest absolute Gasteiger partial charge is 0.178 e. The third-order valence-corrected chi connectivity index (χ3v) is 4.13. The van der Waals surface area contributed by atoms with Crippen LogP contribution in [0.25, 0.3) is 0 Å². The van der Waals surface area contributed by atoms with Crippen LogP contribution in [0.3, 0.4) is 0 Å². The maximum absolute atomic E-state index is 4.34. The highest BCUT2D eigenvalue weighted by Crippen LogP contribution is 2.45. The summed E-state index contributed by atoms with van der Waals surface area (Å²) in [6, 6.07) is 0. The van der Waals surface area contributed by atoms with Crippen LogP contribution in [-0.2, 0) is 0 Å². The Balaban J connectivity index is 2.63. The first-order valence-electron chi connectivity index (χ1n) is 4.77. The summed E-state index contributed by atoms with van der Waals surface area (Å²) in [7, 11) is 0. The molecule has 0 aromatic rings. The van der Waals surface area contributed by atoms with E-state index in [1.165, 1.54) is 0 Å². The van der Waals surface area contributed by atoms with Gasteiger partial charge in [0.1, 0.15) is 10.7 Å². The molecule has 0 spiro atoms. The van der Waals surface area contributed by atoms with E-state index in [1.807, 2.05) is 11.8 Å². The second-order valence-electron chi connectivity index (χ2n) is 5.80. The first kappa shape index (κ1) is 11.0. The normalized spacial score (nSPS) is 29.7. The van der Waals surface area contributed by atoms with Crippen LogP contribution < -0.4 is 0 Å². The fraction of sp³-hybridized carbons (Fsp3) is 1.00. The summed E-state index contributed by atoms with van der Waals surface area (Å²) >= 11 is 1.89. The van der Waals surface area contributed by atoms with Gasteiger partial charge in [-0.2, -0.15) is 10.2 Å². The molecule has 3 heteroatoms. The van der Waals surface area contributed by atoms with Gasteiger partial charge in [0.2, 0.25) is 0 Å². The Bertz CT molecular complexity index is 188. The summed E-state index contributed by atoms with van der Waals surface area (Å²) in [5.74, 6) is 0. The molecule has 1 rings (SSSR count). The van der Waals surface area contributed by atoms with Crippen molar-refractivity contribution in [3.63, 3.8) is 0 Å². The molecule has 2 nitrogen and oxygen atoms in total. The van der Waals surface area contributed by atoms with Gasteiger partial charge in [0.05, 0.1) is 0 Å². The van der Waals surface area contributed by atoms with Crippen molar-refractivity contribution in [2.24, 2.45) is 21.1 Å². The van der Waals surface area contributed by atoms with Crippen molar-refractivity contribution in [1.82, 2.24) is 0 Å². The summed E-state index contributed by atoms with van der Waals surface area (Å²) in [6.07, 6.45) is 0. The minimum atomic E-state index is 0.230. The molecular formula is C10H20N2S. The van der Waals surface area contributed by atoms with Crippen LogP contribution in [0.5, 0.6) is 0 Å². The molecule has 0 saturated heterocycles. The lowest BCUT2D eigenvalue weighted by molar-refractivity contribution is 0.389. The lowest BCUT2D eigenvalue weighted by atomic mass is 9.97. The maximum Gasteiger partial charge on any atom is 0.123 e. The van der Waals surface area contributed by atoms with Crippen LogP contribution in [0.1, 0.15) is 41.5 Å². The zero-order valence-corrected chi connectivity index (χ0v) is 10.3. The summed E-state index contributed by atoms with van der Waals surface area (Å²) in [5.41, 5.74) is 0.461. The Morgan fingerprint density at radius 2 is 1.08 bits per heavy atom. The van der Waals surface area contributed by atoms with Crippen LogP contribution in [0, 0.1) is 10.8 Å². The zero-order chi connectivity index (χ0) is 10.3. The molecule has 1 heterocycles. The van der Waals surface area contributed by atoms with Crippen LogP contribution in [0.4, 0.5) is 0 Å². The number of hydrogen-bond donors (Lipinski definition) is 0. The Labute approximate surface area is 85.6 Å². The van der Waals surface area contributed by atoms with Crippen molar-refractivity contribution in [3.8, 4) is 0 Å². The smallest absolute Gasteiger partial charge is 0.123 e. The molecule has 0 saturated carbocycles. The molecular weight excluding hydrogens is 180 g/mol. The Hall–Kier alpha value is -0.0500. The molecule has 0 aromatic carbocycles. The summed E-state index contributed by atoms with van der Waals surface area (Å²) in [5, 5.41) is 9.35. The van der Waals surface area contributed by atoms with Gasteiger partial charge >= 0.3 is 0 Å². The highest BCUT2D eigenvalue weighted by molar-refractivity contribution is 8.00. The lowest BCUT2D eigenvalue weighted by Crippen LogP contribution is -2.24. The predicted molar refractivity (Wildman–Crippen MR) is 58.9 cm³/mol. The SMILES string of the molecule is CC(C)(C)[C@@H]1N=N[C@H](C(C)(C)C)S1. The standard InChI is InChI=1S/C10H20N2S/c1-9(2,3)7-11-12-8(13-7)10(4,5)6/h7-8H,1-6H3/t7-,8+. The molecule has 0 radical (unpaired) electrons. The maximum atomic E-state index is 4.34. The van der Waals surface area contributed by atoms with E-state index in [0.717, 1.165) is 0 Å². The van der Waals surface area contributed by atoms with Gasteiger partial charge in [-0.15, -0.1) is 11.8 Å². The molecule has 0 fully saturated rings. The molecule has 0 bridgehead atoms. The van der Waals surface area contributed by atoms with E-state index in [0.29, 0.717) is 10.7 Å². The van der Waals surface area contributed by atoms with Crippen LogP contribution >= 0.6 is 11.8 Å². The molecule has 76 valence electrons. The van der Waals surface area contributed by atoms with E-state index >= 15 is 0 Å². The summed E-state index contributed by atoms with van der Waals surface area (Å²) < 4.78 is 0. The Morgan fingerprint density at radius 3 is 1.23 bits per heavy atom. The number of hydrogen-bond acceptors (Lipinski definition) is 3. The number of azo groups is 1. The number of nitrogens with zero attached hydrogens (tertiary/aromatic N) is 2. The predicted octanol–water partition coefficient (Wildman–Crippen LogP) is 3.93. The zero-order valence-electron chi connectivity index (χ0n) is 9.46. The van der Waals surface area contributed by atoms with Gasteiger partial charge in [0.25, 0.3) is 0 Å². The van der Waals surface area contributed by atoms with Gasteiger partial charge in [-0.1, -0.05) is 41.5 Å². The van der Waals surface area contributed by atoms with E-state index in [9.17, 15) is 0 Å². The van der Waals surface area contributed by atoms with Crippen LogP contribution in [-0.4, -0.2) is 10.7 Å². The average Bonchev–Trinajstić information content (AvgIpc) is 2.28. The minimum absolute atomic E-state index is 0.230.